The van der Waals surface area contributed by atoms with Crippen molar-refractivity contribution in [1.82, 2.24) is 5.32 Å². The Hall–Kier alpha value is -0.780. The number of benzene rings is 1. The summed E-state index contributed by atoms with van der Waals surface area (Å²) in [7, 11) is 1.53. The van der Waals surface area contributed by atoms with Gasteiger partial charge in [-0.05, 0) is 25.1 Å². The zero-order chi connectivity index (χ0) is 12.1. The molecule has 1 atom stereocenters. The van der Waals surface area contributed by atoms with Crippen molar-refractivity contribution in [2.24, 2.45) is 5.73 Å². The van der Waals surface area contributed by atoms with Crippen molar-refractivity contribution in [3.8, 4) is 5.75 Å². The third-order valence-electron chi connectivity index (χ3n) is 2.14. The maximum absolute atomic E-state index is 11.8. The zero-order valence-corrected chi connectivity index (χ0v) is 12.1. The number of methoxy groups -OCH3 is 1. The Kier molecular flexibility index (Phi) is 7.18. The fourth-order valence-electron chi connectivity index (χ4n) is 1.21. The van der Waals surface area contributed by atoms with Crippen molar-refractivity contribution in [1.29, 1.82) is 0 Å². The molecule has 0 aromatic heterocycles. The lowest BCUT2D eigenvalue weighted by molar-refractivity contribution is 0.0938. The van der Waals surface area contributed by atoms with Crippen LogP contribution in [0.1, 0.15) is 17.3 Å². The predicted octanol–water partition coefficient (Wildman–Crippen LogP) is 1.96. The first kappa shape index (κ1) is 16.2. The first-order chi connectivity index (χ1) is 7.58. The van der Waals surface area contributed by atoms with Gasteiger partial charge in [0.15, 0.2) is 0 Å². The highest BCUT2D eigenvalue weighted by atomic mass is 79.9. The number of hydrogen-bond donors (Lipinski definition) is 2. The van der Waals surface area contributed by atoms with Crippen LogP contribution in [0.3, 0.4) is 0 Å². The number of amides is 1. The molecule has 0 bridgehead atoms. The highest BCUT2D eigenvalue weighted by Crippen LogP contribution is 2.23. The summed E-state index contributed by atoms with van der Waals surface area (Å²) in [5.41, 5.74) is 5.95. The van der Waals surface area contributed by atoms with Crippen molar-refractivity contribution < 1.29 is 9.53 Å². The molecule has 0 saturated heterocycles. The fraction of sp³-hybridized carbons (Fsp3) is 0.364. The molecule has 0 spiro atoms. The van der Waals surface area contributed by atoms with E-state index < -0.39 is 0 Å². The van der Waals surface area contributed by atoms with E-state index in [1.165, 1.54) is 7.11 Å². The summed E-state index contributed by atoms with van der Waals surface area (Å²) in [5.74, 6) is 0.360. The number of nitrogens with two attached hydrogens (primary N) is 1. The quantitative estimate of drug-likeness (QED) is 0.890. The van der Waals surface area contributed by atoms with Gasteiger partial charge < -0.3 is 15.8 Å². The predicted molar refractivity (Wildman–Crippen MR) is 73.9 cm³/mol. The number of rotatable bonds is 4. The van der Waals surface area contributed by atoms with Crippen LogP contribution in [0.5, 0.6) is 5.75 Å². The second-order valence-electron chi connectivity index (χ2n) is 3.45. The molecular formula is C11H16BrClN2O2. The SMILES string of the molecule is COc1cc(Br)ccc1C(=O)N[C@H](C)CN.Cl. The van der Waals surface area contributed by atoms with E-state index in [1.54, 1.807) is 18.2 Å². The lowest BCUT2D eigenvalue weighted by atomic mass is 10.1. The van der Waals surface area contributed by atoms with E-state index in [1.807, 2.05) is 6.92 Å². The van der Waals surface area contributed by atoms with Crippen LogP contribution in [0.15, 0.2) is 22.7 Å². The molecule has 1 amide bonds. The van der Waals surface area contributed by atoms with Crippen LogP contribution >= 0.6 is 28.3 Å². The van der Waals surface area contributed by atoms with Crippen molar-refractivity contribution in [2.45, 2.75) is 13.0 Å². The average Bonchev–Trinajstić information content (AvgIpc) is 2.28. The van der Waals surface area contributed by atoms with Gasteiger partial charge in [0.05, 0.1) is 12.7 Å². The van der Waals surface area contributed by atoms with Gasteiger partial charge in [-0.1, -0.05) is 15.9 Å². The maximum Gasteiger partial charge on any atom is 0.255 e. The highest BCUT2D eigenvalue weighted by molar-refractivity contribution is 9.10. The Balaban J connectivity index is 0.00000256. The summed E-state index contributed by atoms with van der Waals surface area (Å²) in [4.78, 5) is 11.8. The molecule has 3 N–H and O–H groups in total. The molecule has 96 valence electrons. The minimum absolute atomic E-state index is 0. The molecule has 0 saturated carbocycles. The second kappa shape index (κ2) is 7.53. The molecule has 0 radical (unpaired) electrons. The molecule has 0 heterocycles. The van der Waals surface area contributed by atoms with Crippen LogP contribution in [0.25, 0.3) is 0 Å². The number of ether oxygens (including phenoxy) is 1. The van der Waals surface area contributed by atoms with Gasteiger partial charge in [-0.3, -0.25) is 4.79 Å². The van der Waals surface area contributed by atoms with Crippen molar-refractivity contribution in [3.63, 3.8) is 0 Å². The lowest BCUT2D eigenvalue weighted by Crippen LogP contribution is -2.37. The van der Waals surface area contributed by atoms with Gasteiger partial charge >= 0.3 is 0 Å². The topological polar surface area (TPSA) is 64.3 Å². The van der Waals surface area contributed by atoms with Gasteiger partial charge in [0.2, 0.25) is 0 Å². The Labute approximate surface area is 115 Å². The third-order valence-corrected chi connectivity index (χ3v) is 2.63. The second-order valence-corrected chi connectivity index (χ2v) is 4.37. The molecule has 1 aromatic rings. The molecule has 0 aliphatic heterocycles. The average molecular weight is 324 g/mol. The van der Waals surface area contributed by atoms with E-state index in [-0.39, 0.29) is 24.4 Å². The Morgan fingerprint density at radius 2 is 2.24 bits per heavy atom. The third kappa shape index (κ3) is 4.53. The first-order valence-corrected chi connectivity index (χ1v) is 5.72. The number of carbonyl (C=O) groups is 1. The standard InChI is InChI=1S/C11H15BrN2O2.ClH/c1-7(6-13)14-11(15)9-4-3-8(12)5-10(9)16-2;/h3-5,7H,6,13H2,1-2H3,(H,14,15);1H/t7-;/m1./s1. The molecule has 17 heavy (non-hydrogen) atoms. The number of carbonyl (C=O) groups excluding carboxylic acids is 1. The molecule has 0 aliphatic rings. The molecule has 4 nitrogen and oxygen atoms in total. The van der Waals surface area contributed by atoms with Crippen molar-refractivity contribution in [2.75, 3.05) is 13.7 Å². The number of hydrogen-bond acceptors (Lipinski definition) is 3. The zero-order valence-electron chi connectivity index (χ0n) is 9.70. The molecule has 1 rings (SSSR count). The Morgan fingerprint density at radius 3 is 2.76 bits per heavy atom. The molecule has 0 unspecified atom stereocenters. The largest absolute Gasteiger partial charge is 0.496 e. The lowest BCUT2D eigenvalue weighted by Gasteiger charge is -2.13. The van der Waals surface area contributed by atoms with Crippen LogP contribution in [0, 0.1) is 0 Å². The van der Waals surface area contributed by atoms with Gasteiger partial charge in [-0.2, -0.15) is 0 Å². The minimum Gasteiger partial charge on any atom is -0.496 e. The minimum atomic E-state index is -0.178. The molecule has 0 aliphatic carbocycles. The van der Waals surface area contributed by atoms with E-state index in [9.17, 15) is 4.79 Å². The molecule has 1 aromatic carbocycles. The van der Waals surface area contributed by atoms with E-state index >= 15 is 0 Å². The first-order valence-electron chi connectivity index (χ1n) is 4.93. The summed E-state index contributed by atoms with van der Waals surface area (Å²) in [6, 6.07) is 5.20. The fourth-order valence-corrected chi connectivity index (χ4v) is 1.55. The smallest absolute Gasteiger partial charge is 0.255 e. The van der Waals surface area contributed by atoms with Gasteiger partial charge in [0, 0.05) is 17.1 Å². The van der Waals surface area contributed by atoms with Crippen LogP contribution in [0.4, 0.5) is 0 Å². The van der Waals surface area contributed by atoms with Crippen LogP contribution in [-0.4, -0.2) is 25.6 Å². The van der Waals surface area contributed by atoms with E-state index in [0.29, 0.717) is 17.9 Å². The monoisotopic (exact) mass is 322 g/mol. The van der Waals surface area contributed by atoms with Crippen LogP contribution in [-0.2, 0) is 0 Å². The van der Waals surface area contributed by atoms with E-state index in [0.717, 1.165) is 4.47 Å². The maximum atomic E-state index is 11.8. The van der Waals surface area contributed by atoms with E-state index in [4.69, 9.17) is 10.5 Å². The molecule has 6 heteroatoms. The van der Waals surface area contributed by atoms with E-state index in [2.05, 4.69) is 21.2 Å². The summed E-state index contributed by atoms with van der Waals surface area (Å²) < 4.78 is 6.01. The highest BCUT2D eigenvalue weighted by Gasteiger charge is 2.13. The van der Waals surface area contributed by atoms with Gasteiger partial charge in [0.25, 0.3) is 5.91 Å². The summed E-state index contributed by atoms with van der Waals surface area (Å²) in [6.07, 6.45) is 0. The van der Waals surface area contributed by atoms with Gasteiger partial charge in [-0.25, -0.2) is 0 Å². The Morgan fingerprint density at radius 1 is 1.59 bits per heavy atom. The van der Waals surface area contributed by atoms with Crippen molar-refractivity contribution in [3.05, 3.63) is 28.2 Å². The Bertz CT molecular complexity index is 388. The number of halogens is 2. The summed E-state index contributed by atoms with van der Waals surface area (Å²) >= 11 is 3.32. The van der Waals surface area contributed by atoms with Crippen LogP contribution in [0.2, 0.25) is 0 Å². The van der Waals surface area contributed by atoms with Crippen LogP contribution < -0.4 is 15.8 Å². The molecular weight excluding hydrogens is 307 g/mol. The molecule has 0 fully saturated rings. The van der Waals surface area contributed by atoms with Gasteiger partial charge in [0.1, 0.15) is 5.75 Å². The van der Waals surface area contributed by atoms with Gasteiger partial charge in [-0.15, -0.1) is 12.4 Å². The summed E-state index contributed by atoms with van der Waals surface area (Å²) in [6.45, 7) is 2.26. The summed E-state index contributed by atoms with van der Waals surface area (Å²) in [5, 5.41) is 2.78. The number of nitrogens with one attached hydrogen (secondary N) is 1. The van der Waals surface area contributed by atoms with Crippen molar-refractivity contribution >= 4 is 34.2 Å². The normalized spacial score (nSPS) is 11.3.